The lowest BCUT2D eigenvalue weighted by Crippen LogP contribution is -2.30. The van der Waals surface area contributed by atoms with E-state index in [0.29, 0.717) is 16.1 Å². The van der Waals surface area contributed by atoms with Crippen molar-refractivity contribution >= 4 is 23.2 Å². The van der Waals surface area contributed by atoms with Crippen LogP contribution in [0.4, 0.5) is 0 Å². The second-order valence-corrected chi connectivity index (χ2v) is 5.64. The Labute approximate surface area is 118 Å². The van der Waals surface area contributed by atoms with Crippen LogP contribution in [-0.2, 0) is 11.3 Å². The molecule has 18 heavy (non-hydrogen) atoms. The van der Waals surface area contributed by atoms with E-state index in [1.54, 1.807) is 12.1 Å². The normalized spacial score (nSPS) is 20.3. The fourth-order valence-electron chi connectivity index (χ4n) is 2.28. The Hall–Kier alpha value is -0.350. The van der Waals surface area contributed by atoms with Crippen molar-refractivity contribution in [2.75, 3.05) is 26.8 Å². The first-order chi connectivity index (χ1) is 8.65. The Morgan fingerprint density at radius 1 is 1.44 bits per heavy atom. The SMILES string of the molecule is CN(Cc1nc(Cl)ccc1Cl)CC1CCCOC1. The van der Waals surface area contributed by atoms with Crippen LogP contribution in [-0.4, -0.2) is 36.7 Å². The van der Waals surface area contributed by atoms with Gasteiger partial charge in [-0.15, -0.1) is 0 Å². The molecule has 2 rings (SSSR count). The maximum atomic E-state index is 6.11. The molecule has 1 aromatic heterocycles. The molecule has 2 heterocycles. The molecule has 1 saturated heterocycles. The molecule has 0 bridgehead atoms. The van der Waals surface area contributed by atoms with Gasteiger partial charge in [0.2, 0.25) is 0 Å². The van der Waals surface area contributed by atoms with Crippen molar-refractivity contribution < 1.29 is 4.74 Å². The highest BCUT2D eigenvalue weighted by Crippen LogP contribution is 2.20. The van der Waals surface area contributed by atoms with Gasteiger partial charge in [-0.25, -0.2) is 4.98 Å². The Balaban J connectivity index is 1.89. The molecule has 1 aromatic rings. The summed E-state index contributed by atoms with van der Waals surface area (Å²) in [5.74, 6) is 0.613. The summed E-state index contributed by atoms with van der Waals surface area (Å²) in [5, 5.41) is 1.16. The minimum absolute atomic E-state index is 0.490. The van der Waals surface area contributed by atoms with Gasteiger partial charge in [-0.1, -0.05) is 23.2 Å². The minimum atomic E-state index is 0.490. The maximum absolute atomic E-state index is 6.11. The van der Waals surface area contributed by atoms with E-state index in [0.717, 1.165) is 38.4 Å². The Kier molecular flexibility index (Phi) is 5.25. The summed E-state index contributed by atoms with van der Waals surface area (Å²) in [6.07, 6.45) is 2.40. The Bertz CT molecular complexity index is 395. The van der Waals surface area contributed by atoms with Gasteiger partial charge in [-0.2, -0.15) is 0 Å². The maximum Gasteiger partial charge on any atom is 0.129 e. The minimum Gasteiger partial charge on any atom is -0.381 e. The number of halogens is 2. The highest BCUT2D eigenvalue weighted by molar-refractivity contribution is 6.32. The Morgan fingerprint density at radius 2 is 2.28 bits per heavy atom. The number of hydrogen-bond acceptors (Lipinski definition) is 3. The van der Waals surface area contributed by atoms with E-state index in [4.69, 9.17) is 27.9 Å². The van der Waals surface area contributed by atoms with Gasteiger partial charge in [-0.05, 0) is 37.9 Å². The molecular formula is C13H18Cl2N2O. The largest absolute Gasteiger partial charge is 0.381 e. The molecule has 100 valence electrons. The highest BCUT2D eigenvalue weighted by atomic mass is 35.5. The van der Waals surface area contributed by atoms with Gasteiger partial charge in [0.1, 0.15) is 5.15 Å². The summed E-state index contributed by atoms with van der Waals surface area (Å²) < 4.78 is 5.49. The molecule has 0 spiro atoms. The monoisotopic (exact) mass is 288 g/mol. The molecule has 1 fully saturated rings. The fourth-order valence-corrected chi connectivity index (χ4v) is 2.61. The quantitative estimate of drug-likeness (QED) is 0.796. The van der Waals surface area contributed by atoms with Crippen LogP contribution < -0.4 is 0 Å². The van der Waals surface area contributed by atoms with E-state index >= 15 is 0 Å². The van der Waals surface area contributed by atoms with Gasteiger partial charge >= 0.3 is 0 Å². The fraction of sp³-hybridized carbons (Fsp3) is 0.615. The summed E-state index contributed by atoms with van der Waals surface area (Å²) in [4.78, 5) is 6.49. The Morgan fingerprint density at radius 3 is 3.00 bits per heavy atom. The third-order valence-corrected chi connectivity index (χ3v) is 3.68. The van der Waals surface area contributed by atoms with Crippen molar-refractivity contribution in [2.24, 2.45) is 5.92 Å². The number of rotatable bonds is 4. The number of pyridine rings is 1. The zero-order valence-electron chi connectivity index (χ0n) is 10.5. The van der Waals surface area contributed by atoms with E-state index in [9.17, 15) is 0 Å². The molecule has 1 atom stereocenters. The van der Waals surface area contributed by atoms with Crippen LogP contribution in [0.1, 0.15) is 18.5 Å². The van der Waals surface area contributed by atoms with Crippen molar-refractivity contribution in [3.05, 3.63) is 28.0 Å². The molecular weight excluding hydrogens is 271 g/mol. The summed E-state index contributed by atoms with van der Waals surface area (Å²) in [7, 11) is 2.08. The topological polar surface area (TPSA) is 25.4 Å². The van der Waals surface area contributed by atoms with Gasteiger partial charge in [0.25, 0.3) is 0 Å². The summed E-state index contributed by atoms with van der Waals surface area (Å²) in [5.41, 5.74) is 0.836. The molecule has 0 aliphatic carbocycles. The predicted octanol–water partition coefficient (Wildman–Crippen LogP) is 3.25. The van der Waals surface area contributed by atoms with Crippen molar-refractivity contribution in [3.8, 4) is 0 Å². The highest BCUT2D eigenvalue weighted by Gasteiger charge is 2.16. The molecule has 0 radical (unpaired) electrons. The average Bonchev–Trinajstić information content (AvgIpc) is 2.35. The van der Waals surface area contributed by atoms with Crippen LogP contribution in [0.3, 0.4) is 0 Å². The number of aromatic nitrogens is 1. The molecule has 0 saturated carbocycles. The van der Waals surface area contributed by atoms with Crippen LogP contribution in [0.5, 0.6) is 0 Å². The van der Waals surface area contributed by atoms with E-state index in [1.807, 2.05) is 0 Å². The van der Waals surface area contributed by atoms with Crippen LogP contribution in [0.25, 0.3) is 0 Å². The first-order valence-electron chi connectivity index (χ1n) is 6.22. The average molecular weight is 289 g/mol. The van der Waals surface area contributed by atoms with Crippen molar-refractivity contribution in [1.82, 2.24) is 9.88 Å². The zero-order valence-corrected chi connectivity index (χ0v) is 12.0. The van der Waals surface area contributed by atoms with Crippen molar-refractivity contribution in [2.45, 2.75) is 19.4 Å². The molecule has 3 nitrogen and oxygen atoms in total. The van der Waals surface area contributed by atoms with E-state index in [-0.39, 0.29) is 0 Å². The molecule has 0 amide bonds. The second kappa shape index (κ2) is 6.71. The van der Waals surface area contributed by atoms with Gasteiger partial charge in [0.15, 0.2) is 0 Å². The van der Waals surface area contributed by atoms with Crippen molar-refractivity contribution in [3.63, 3.8) is 0 Å². The third-order valence-electron chi connectivity index (χ3n) is 3.13. The van der Waals surface area contributed by atoms with Crippen LogP contribution in [0, 0.1) is 5.92 Å². The molecule has 0 N–H and O–H groups in total. The van der Waals surface area contributed by atoms with E-state index in [2.05, 4.69) is 16.9 Å². The standard InChI is InChI=1S/C13H18Cl2N2O/c1-17(7-10-3-2-6-18-9-10)8-12-11(14)4-5-13(15)16-12/h4-5,10H,2-3,6-9H2,1H3. The lowest BCUT2D eigenvalue weighted by atomic mass is 10.0. The summed E-state index contributed by atoms with van der Waals surface area (Å²) in [6, 6.07) is 3.51. The summed E-state index contributed by atoms with van der Waals surface area (Å²) >= 11 is 12.0. The lowest BCUT2D eigenvalue weighted by Gasteiger charge is -2.27. The van der Waals surface area contributed by atoms with Crippen LogP contribution in [0.15, 0.2) is 12.1 Å². The smallest absolute Gasteiger partial charge is 0.129 e. The molecule has 1 aliphatic rings. The zero-order chi connectivity index (χ0) is 13.0. The number of nitrogens with zero attached hydrogens (tertiary/aromatic N) is 2. The van der Waals surface area contributed by atoms with Gasteiger partial charge < -0.3 is 9.64 Å². The summed E-state index contributed by atoms with van der Waals surface area (Å²) in [6.45, 7) is 3.49. The molecule has 5 heteroatoms. The van der Waals surface area contributed by atoms with E-state index in [1.165, 1.54) is 6.42 Å². The van der Waals surface area contributed by atoms with Gasteiger partial charge in [-0.3, -0.25) is 0 Å². The van der Waals surface area contributed by atoms with Crippen LogP contribution >= 0.6 is 23.2 Å². The van der Waals surface area contributed by atoms with Gasteiger partial charge in [0.05, 0.1) is 17.3 Å². The predicted molar refractivity (Wildman–Crippen MR) is 74.1 cm³/mol. The van der Waals surface area contributed by atoms with E-state index < -0.39 is 0 Å². The molecule has 0 aromatic carbocycles. The molecule has 1 unspecified atom stereocenters. The van der Waals surface area contributed by atoms with Crippen molar-refractivity contribution in [1.29, 1.82) is 0 Å². The third kappa shape index (κ3) is 4.09. The second-order valence-electron chi connectivity index (χ2n) is 4.84. The van der Waals surface area contributed by atoms with Crippen LogP contribution in [0.2, 0.25) is 10.2 Å². The lowest BCUT2D eigenvalue weighted by molar-refractivity contribution is 0.0410. The number of hydrogen-bond donors (Lipinski definition) is 0. The van der Waals surface area contributed by atoms with Gasteiger partial charge in [0, 0.05) is 19.7 Å². The first-order valence-corrected chi connectivity index (χ1v) is 6.98. The first kappa shape index (κ1) is 14.1. The molecule has 1 aliphatic heterocycles. The number of ether oxygens (including phenoxy) is 1.